The standard InChI is InChI=1S/C28H22Cl2N2O3/c29-20-12-8-17(9-13-20)16-19-4-3-7-24-25(19)31-32(26(24)18-10-14-21(30)15-11-18)27(33)22-5-1-2-6-23(22)28(34)35/h1-2,5-6,8-16,24,26H,3-4,7H2,(H,34,35)/b19-16-/t24-,26-/m0/s1. The second-order valence-corrected chi connectivity index (χ2v) is 9.57. The summed E-state index contributed by atoms with van der Waals surface area (Å²) in [7, 11) is 0. The zero-order chi connectivity index (χ0) is 24.5. The predicted molar refractivity (Wildman–Crippen MR) is 138 cm³/mol. The van der Waals surface area contributed by atoms with Gasteiger partial charge < -0.3 is 5.11 Å². The van der Waals surface area contributed by atoms with Crippen LogP contribution in [0.5, 0.6) is 0 Å². The van der Waals surface area contributed by atoms with Crippen molar-refractivity contribution in [2.24, 2.45) is 11.0 Å². The Labute approximate surface area is 213 Å². The number of carboxylic acids is 1. The van der Waals surface area contributed by atoms with Crippen LogP contribution in [0, 0.1) is 5.92 Å². The molecule has 0 spiro atoms. The van der Waals surface area contributed by atoms with E-state index < -0.39 is 11.9 Å². The maximum absolute atomic E-state index is 13.8. The number of amides is 1. The molecule has 2 aliphatic rings. The molecule has 3 aromatic rings. The summed E-state index contributed by atoms with van der Waals surface area (Å²) in [5, 5.41) is 17.2. The van der Waals surface area contributed by atoms with Crippen molar-refractivity contribution < 1.29 is 14.7 Å². The molecule has 2 atom stereocenters. The van der Waals surface area contributed by atoms with Crippen LogP contribution in [-0.2, 0) is 0 Å². The van der Waals surface area contributed by atoms with E-state index in [1.807, 2.05) is 36.4 Å². The van der Waals surface area contributed by atoms with Gasteiger partial charge in [-0.2, -0.15) is 5.10 Å². The van der Waals surface area contributed by atoms with Crippen LogP contribution in [0.4, 0.5) is 0 Å². The molecule has 0 saturated heterocycles. The van der Waals surface area contributed by atoms with Crippen molar-refractivity contribution in [2.45, 2.75) is 25.3 Å². The molecule has 7 heteroatoms. The third kappa shape index (κ3) is 4.62. The summed E-state index contributed by atoms with van der Waals surface area (Å²) in [5.74, 6) is -1.59. The highest BCUT2D eigenvalue weighted by Crippen LogP contribution is 2.45. The van der Waals surface area contributed by atoms with E-state index in [0.29, 0.717) is 10.0 Å². The van der Waals surface area contributed by atoms with E-state index in [1.165, 1.54) is 17.1 Å². The Bertz CT molecular complexity index is 1350. The number of hydrazone groups is 1. The van der Waals surface area contributed by atoms with Gasteiger partial charge >= 0.3 is 5.97 Å². The van der Waals surface area contributed by atoms with Crippen LogP contribution in [0.3, 0.4) is 0 Å². The van der Waals surface area contributed by atoms with Crippen molar-refractivity contribution in [3.05, 3.63) is 111 Å². The van der Waals surface area contributed by atoms with Crippen molar-refractivity contribution in [3.63, 3.8) is 0 Å². The number of aromatic carboxylic acids is 1. The smallest absolute Gasteiger partial charge is 0.336 e. The largest absolute Gasteiger partial charge is 0.478 e. The molecule has 35 heavy (non-hydrogen) atoms. The molecule has 5 rings (SSSR count). The SMILES string of the molecule is O=C(O)c1ccccc1C(=O)N1N=C2/C(=C\c3ccc(Cl)cc3)CCC[C@@H]2[C@@H]1c1ccc(Cl)cc1. The van der Waals surface area contributed by atoms with E-state index in [9.17, 15) is 14.7 Å². The average Bonchev–Trinajstić information content (AvgIpc) is 3.26. The Morgan fingerprint density at radius 3 is 2.20 bits per heavy atom. The first-order chi connectivity index (χ1) is 16.9. The van der Waals surface area contributed by atoms with Crippen molar-refractivity contribution in [3.8, 4) is 0 Å². The minimum Gasteiger partial charge on any atom is -0.478 e. The molecule has 0 radical (unpaired) electrons. The lowest BCUT2D eigenvalue weighted by Gasteiger charge is -2.30. The fourth-order valence-corrected chi connectivity index (χ4v) is 5.15. The lowest BCUT2D eigenvalue weighted by Crippen LogP contribution is -2.32. The number of hydrogen-bond donors (Lipinski definition) is 1. The molecule has 1 heterocycles. The van der Waals surface area contributed by atoms with E-state index in [2.05, 4.69) is 6.08 Å². The Hall–Kier alpha value is -3.41. The lowest BCUT2D eigenvalue weighted by atomic mass is 9.77. The van der Waals surface area contributed by atoms with Crippen LogP contribution in [-0.4, -0.2) is 27.7 Å². The van der Waals surface area contributed by atoms with Crippen LogP contribution in [0.2, 0.25) is 10.0 Å². The van der Waals surface area contributed by atoms with Gasteiger partial charge in [-0.3, -0.25) is 4.79 Å². The fraction of sp³-hybridized carbons (Fsp3) is 0.179. The molecule has 1 amide bonds. The molecule has 3 aromatic carbocycles. The zero-order valence-electron chi connectivity index (χ0n) is 18.7. The highest BCUT2D eigenvalue weighted by atomic mass is 35.5. The molecule has 1 aliphatic carbocycles. The van der Waals surface area contributed by atoms with Crippen molar-refractivity contribution in [1.29, 1.82) is 0 Å². The van der Waals surface area contributed by atoms with Gasteiger partial charge in [-0.25, -0.2) is 9.80 Å². The van der Waals surface area contributed by atoms with E-state index >= 15 is 0 Å². The van der Waals surface area contributed by atoms with Gasteiger partial charge in [-0.1, -0.05) is 59.6 Å². The van der Waals surface area contributed by atoms with Gasteiger partial charge in [0.25, 0.3) is 5.91 Å². The molecule has 0 unspecified atom stereocenters. The van der Waals surface area contributed by atoms with Crippen LogP contribution in [0.1, 0.15) is 57.1 Å². The maximum Gasteiger partial charge on any atom is 0.336 e. The molecule has 0 aromatic heterocycles. The molecule has 1 saturated carbocycles. The highest BCUT2D eigenvalue weighted by Gasteiger charge is 2.44. The van der Waals surface area contributed by atoms with Gasteiger partial charge in [-0.15, -0.1) is 0 Å². The second kappa shape index (κ2) is 9.68. The third-order valence-corrected chi connectivity index (χ3v) is 7.02. The monoisotopic (exact) mass is 504 g/mol. The van der Waals surface area contributed by atoms with E-state index in [4.69, 9.17) is 28.3 Å². The molecule has 1 fully saturated rings. The Morgan fingerprint density at radius 2 is 1.54 bits per heavy atom. The van der Waals surface area contributed by atoms with Gasteiger partial charge in [0.05, 0.1) is 22.9 Å². The summed E-state index contributed by atoms with van der Waals surface area (Å²) in [5.41, 5.74) is 3.94. The number of carbonyl (C=O) groups is 2. The molecule has 5 nitrogen and oxygen atoms in total. The lowest BCUT2D eigenvalue weighted by molar-refractivity contribution is 0.0646. The van der Waals surface area contributed by atoms with Crippen LogP contribution >= 0.6 is 23.2 Å². The maximum atomic E-state index is 13.8. The Kier molecular flexibility index (Phi) is 6.46. The van der Waals surface area contributed by atoms with Crippen molar-refractivity contribution in [1.82, 2.24) is 5.01 Å². The molecular formula is C28H22Cl2N2O3. The molecule has 1 aliphatic heterocycles. The molecule has 176 valence electrons. The number of allylic oxidation sites excluding steroid dienone is 1. The molecule has 0 bridgehead atoms. The van der Waals surface area contributed by atoms with E-state index in [0.717, 1.165) is 41.7 Å². The minimum absolute atomic E-state index is 0.00980. The summed E-state index contributed by atoms with van der Waals surface area (Å²) in [6.45, 7) is 0. The Morgan fingerprint density at radius 1 is 0.914 bits per heavy atom. The minimum atomic E-state index is -1.15. The number of hydrogen-bond acceptors (Lipinski definition) is 3. The number of benzene rings is 3. The van der Waals surface area contributed by atoms with Crippen LogP contribution in [0.15, 0.2) is 83.5 Å². The number of nitrogens with zero attached hydrogens (tertiary/aromatic N) is 2. The summed E-state index contributed by atoms with van der Waals surface area (Å²) in [6, 6.07) is 20.9. The van der Waals surface area contributed by atoms with Crippen molar-refractivity contribution >= 4 is 46.9 Å². The van der Waals surface area contributed by atoms with Crippen LogP contribution in [0.25, 0.3) is 6.08 Å². The Balaban J connectivity index is 1.60. The first-order valence-corrected chi connectivity index (χ1v) is 12.1. The van der Waals surface area contributed by atoms with E-state index in [1.54, 1.807) is 24.3 Å². The quantitative estimate of drug-likeness (QED) is 0.410. The zero-order valence-corrected chi connectivity index (χ0v) is 20.2. The number of halogens is 2. The molecule has 1 N–H and O–H groups in total. The number of carboxylic acid groups (broad SMARTS) is 1. The average molecular weight is 505 g/mol. The first-order valence-electron chi connectivity index (χ1n) is 11.4. The third-order valence-electron chi connectivity index (χ3n) is 6.52. The fourth-order valence-electron chi connectivity index (χ4n) is 4.90. The van der Waals surface area contributed by atoms with Crippen molar-refractivity contribution in [2.75, 3.05) is 0 Å². The van der Waals surface area contributed by atoms with Gasteiger partial charge in [0.1, 0.15) is 0 Å². The van der Waals surface area contributed by atoms with Gasteiger partial charge in [0.2, 0.25) is 0 Å². The van der Waals surface area contributed by atoms with Gasteiger partial charge in [-0.05, 0) is 78.4 Å². The summed E-state index contributed by atoms with van der Waals surface area (Å²) < 4.78 is 0. The first kappa shape index (κ1) is 23.3. The number of rotatable bonds is 4. The second-order valence-electron chi connectivity index (χ2n) is 8.70. The predicted octanol–water partition coefficient (Wildman–Crippen LogP) is 7.13. The summed E-state index contributed by atoms with van der Waals surface area (Å²) >= 11 is 12.2. The number of fused-ring (bicyclic) bond motifs is 1. The van der Waals surface area contributed by atoms with Crippen LogP contribution < -0.4 is 0 Å². The normalized spacial score (nSPS) is 20.5. The summed E-state index contributed by atoms with van der Waals surface area (Å²) in [6.07, 6.45) is 4.77. The summed E-state index contributed by atoms with van der Waals surface area (Å²) in [4.78, 5) is 25.6. The molecular weight excluding hydrogens is 483 g/mol. The van der Waals surface area contributed by atoms with Gasteiger partial charge in [0.15, 0.2) is 0 Å². The topological polar surface area (TPSA) is 70.0 Å². The highest BCUT2D eigenvalue weighted by molar-refractivity contribution is 6.30. The van der Waals surface area contributed by atoms with Gasteiger partial charge in [0, 0.05) is 16.0 Å². The van der Waals surface area contributed by atoms with E-state index in [-0.39, 0.29) is 23.1 Å². The number of carbonyl (C=O) groups excluding carboxylic acids is 1.